The van der Waals surface area contributed by atoms with Gasteiger partial charge in [0.2, 0.25) is 5.91 Å². The lowest BCUT2D eigenvalue weighted by Crippen LogP contribution is -2.40. The molecule has 0 aliphatic heterocycles. The minimum absolute atomic E-state index is 0.133. The van der Waals surface area contributed by atoms with Crippen LogP contribution in [0.25, 0.3) is 22.4 Å². The van der Waals surface area contributed by atoms with E-state index >= 15 is 0 Å². The summed E-state index contributed by atoms with van der Waals surface area (Å²) in [6.45, 7) is 4.80. The third-order valence-corrected chi connectivity index (χ3v) is 5.71. The largest absolute Gasteiger partial charge is 0.337 e. The number of halogens is 1. The predicted molar refractivity (Wildman–Crippen MR) is 123 cm³/mol. The van der Waals surface area contributed by atoms with E-state index in [9.17, 15) is 9.59 Å². The quantitative estimate of drug-likeness (QED) is 0.407. The van der Waals surface area contributed by atoms with Crippen molar-refractivity contribution >= 4 is 28.6 Å². The van der Waals surface area contributed by atoms with Crippen LogP contribution < -0.4 is 5.56 Å². The number of carbonyl (C=O) groups is 1. The van der Waals surface area contributed by atoms with Gasteiger partial charge in [-0.05, 0) is 31.0 Å². The number of rotatable bonds is 7. The van der Waals surface area contributed by atoms with Crippen LogP contribution in [0.15, 0.2) is 70.2 Å². The maximum absolute atomic E-state index is 13.5. The number of aromatic nitrogens is 3. The van der Waals surface area contributed by atoms with E-state index in [0.717, 1.165) is 5.56 Å². The van der Waals surface area contributed by atoms with Gasteiger partial charge in [0.05, 0.1) is 0 Å². The van der Waals surface area contributed by atoms with E-state index in [0.29, 0.717) is 35.8 Å². The molecule has 2 heterocycles. The summed E-state index contributed by atoms with van der Waals surface area (Å²) in [5.74, 6) is -0.133. The lowest BCUT2D eigenvalue weighted by Gasteiger charge is -2.26. The number of fused-ring (bicyclic) bond motifs is 1. The van der Waals surface area contributed by atoms with Crippen LogP contribution >= 0.6 is 11.6 Å². The van der Waals surface area contributed by atoms with Crippen molar-refractivity contribution in [3.63, 3.8) is 0 Å². The molecule has 2 aromatic heterocycles. The van der Waals surface area contributed by atoms with E-state index in [4.69, 9.17) is 16.1 Å². The smallest absolute Gasteiger partial charge is 0.267 e. The van der Waals surface area contributed by atoms with Gasteiger partial charge in [-0.3, -0.25) is 14.2 Å². The molecule has 1 atom stereocenters. The Hall–Kier alpha value is -3.45. The fourth-order valence-electron chi connectivity index (χ4n) is 3.74. The fourth-order valence-corrected chi connectivity index (χ4v) is 3.86. The van der Waals surface area contributed by atoms with Crippen molar-refractivity contribution < 1.29 is 9.32 Å². The summed E-state index contributed by atoms with van der Waals surface area (Å²) in [5, 5.41) is 4.86. The van der Waals surface area contributed by atoms with Gasteiger partial charge in [0.15, 0.2) is 0 Å². The number of carbonyl (C=O) groups excluding carboxylic acids is 1. The number of amides is 1. The normalized spacial score (nSPS) is 12.1. The number of benzene rings is 2. The first-order valence-electron chi connectivity index (χ1n) is 10.5. The molecule has 0 fully saturated rings. The molecule has 1 amide bonds. The highest BCUT2D eigenvalue weighted by atomic mass is 35.5. The first kappa shape index (κ1) is 21.8. The van der Waals surface area contributed by atoms with Gasteiger partial charge in [-0.1, -0.05) is 66.1 Å². The van der Waals surface area contributed by atoms with Crippen LogP contribution in [0.2, 0.25) is 5.02 Å². The topological polar surface area (TPSA) is 81.2 Å². The van der Waals surface area contributed by atoms with Crippen molar-refractivity contribution in [1.29, 1.82) is 0 Å². The molecule has 0 bridgehead atoms. The number of likely N-dealkylation sites (N-methyl/N-ethyl adjacent to an activating group) is 1. The zero-order chi connectivity index (χ0) is 22.7. The minimum atomic E-state index is -0.684. The van der Waals surface area contributed by atoms with Crippen LogP contribution in [-0.2, 0) is 11.3 Å². The van der Waals surface area contributed by atoms with E-state index in [1.165, 1.54) is 10.9 Å². The number of nitrogens with zero attached hydrogens (tertiary/aromatic N) is 4. The van der Waals surface area contributed by atoms with Gasteiger partial charge in [0.25, 0.3) is 11.3 Å². The molecule has 0 spiro atoms. The molecule has 4 aromatic rings. The highest BCUT2D eigenvalue weighted by molar-refractivity contribution is 6.30. The van der Waals surface area contributed by atoms with Crippen LogP contribution in [0, 0.1) is 0 Å². The van der Waals surface area contributed by atoms with Crippen LogP contribution in [0.4, 0.5) is 0 Å². The second-order valence-electron chi connectivity index (χ2n) is 7.44. The Kier molecular flexibility index (Phi) is 6.37. The Balaban J connectivity index is 1.73. The Labute approximate surface area is 190 Å². The van der Waals surface area contributed by atoms with Crippen molar-refractivity contribution in [2.75, 3.05) is 6.54 Å². The summed E-state index contributed by atoms with van der Waals surface area (Å²) in [6, 6.07) is 16.0. The summed E-state index contributed by atoms with van der Waals surface area (Å²) in [4.78, 5) is 32.9. The third-order valence-electron chi connectivity index (χ3n) is 5.46. The molecule has 0 saturated carbocycles. The molecule has 32 heavy (non-hydrogen) atoms. The third kappa shape index (κ3) is 4.16. The van der Waals surface area contributed by atoms with Gasteiger partial charge in [-0.15, -0.1) is 0 Å². The Morgan fingerprint density at radius 1 is 1.12 bits per heavy atom. The van der Waals surface area contributed by atoms with Crippen LogP contribution in [0.5, 0.6) is 0 Å². The van der Waals surface area contributed by atoms with E-state index in [1.54, 1.807) is 29.2 Å². The molecule has 0 N–H and O–H groups in total. The second-order valence-corrected chi connectivity index (χ2v) is 7.87. The lowest BCUT2D eigenvalue weighted by molar-refractivity contribution is -0.135. The van der Waals surface area contributed by atoms with Gasteiger partial charge in [-0.2, -0.15) is 0 Å². The molecular formula is C24H23ClN4O3. The lowest BCUT2D eigenvalue weighted by atomic mass is 10.1. The number of hydrogen-bond acceptors (Lipinski definition) is 5. The highest BCUT2D eigenvalue weighted by Crippen LogP contribution is 2.26. The molecule has 8 heteroatoms. The maximum Gasteiger partial charge on any atom is 0.267 e. The minimum Gasteiger partial charge on any atom is -0.337 e. The standard InChI is InChI=1S/C24H23ClN4O3/c1-3-19(23(30)28(4-2)14-16-8-6-5-7-9-16)29-15-26-22-20(24(29)31)21(27-32-22)17-10-12-18(25)13-11-17/h5-13,15,19H,3-4,14H2,1-2H3/t19-/m1/s1. The van der Waals surface area contributed by atoms with E-state index in [1.807, 2.05) is 44.2 Å². The zero-order valence-corrected chi connectivity index (χ0v) is 18.6. The summed E-state index contributed by atoms with van der Waals surface area (Å²) < 4.78 is 6.67. The first-order valence-corrected chi connectivity index (χ1v) is 10.9. The van der Waals surface area contributed by atoms with Gasteiger partial charge < -0.3 is 9.42 Å². The predicted octanol–water partition coefficient (Wildman–Crippen LogP) is 4.70. The van der Waals surface area contributed by atoms with Crippen LogP contribution in [0.1, 0.15) is 31.9 Å². The van der Waals surface area contributed by atoms with E-state index < -0.39 is 6.04 Å². The molecule has 0 aliphatic rings. The average molecular weight is 451 g/mol. The van der Waals surface area contributed by atoms with Crippen LogP contribution in [0.3, 0.4) is 0 Å². The maximum atomic E-state index is 13.5. The molecule has 7 nitrogen and oxygen atoms in total. The zero-order valence-electron chi connectivity index (χ0n) is 17.9. The SMILES string of the molecule is CC[C@H](C(=O)N(CC)Cc1ccccc1)n1cnc2onc(-c3ccc(Cl)cc3)c2c1=O. The van der Waals surface area contributed by atoms with E-state index in [-0.39, 0.29) is 22.6 Å². The van der Waals surface area contributed by atoms with Gasteiger partial charge in [-0.25, -0.2) is 4.98 Å². The molecule has 0 radical (unpaired) electrons. The van der Waals surface area contributed by atoms with E-state index in [2.05, 4.69) is 10.1 Å². The highest BCUT2D eigenvalue weighted by Gasteiger charge is 2.27. The van der Waals surface area contributed by atoms with Crippen molar-refractivity contribution in [3.05, 3.63) is 81.9 Å². The molecule has 0 aliphatic carbocycles. The fraction of sp³-hybridized carbons (Fsp3) is 0.250. The monoisotopic (exact) mass is 450 g/mol. The Bertz CT molecular complexity index is 1280. The average Bonchev–Trinajstić information content (AvgIpc) is 3.25. The summed E-state index contributed by atoms with van der Waals surface area (Å²) in [5.41, 5.74) is 1.86. The molecular weight excluding hydrogens is 428 g/mol. The second kappa shape index (κ2) is 9.36. The summed E-state index contributed by atoms with van der Waals surface area (Å²) in [7, 11) is 0. The molecule has 0 saturated heterocycles. The van der Waals surface area contributed by atoms with Crippen LogP contribution in [-0.4, -0.2) is 32.1 Å². The van der Waals surface area contributed by atoms with Gasteiger partial charge in [0, 0.05) is 23.7 Å². The molecule has 4 rings (SSSR count). The summed E-state index contributed by atoms with van der Waals surface area (Å²) >= 11 is 5.98. The molecule has 2 aromatic carbocycles. The summed E-state index contributed by atoms with van der Waals surface area (Å²) in [6.07, 6.45) is 1.81. The number of hydrogen-bond donors (Lipinski definition) is 0. The Morgan fingerprint density at radius 3 is 2.50 bits per heavy atom. The first-order chi connectivity index (χ1) is 15.5. The van der Waals surface area contributed by atoms with Crippen molar-refractivity contribution in [2.24, 2.45) is 0 Å². The van der Waals surface area contributed by atoms with Gasteiger partial charge in [0.1, 0.15) is 23.4 Å². The molecule has 164 valence electrons. The Morgan fingerprint density at radius 2 is 1.84 bits per heavy atom. The molecule has 0 unspecified atom stereocenters. The van der Waals surface area contributed by atoms with Gasteiger partial charge >= 0.3 is 0 Å². The van der Waals surface area contributed by atoms with Crippen molar-refractivity contribution in [1.82, 2.24) is 19.6 Å². The van der Waals surface area contributed by atoms with Crippen molar-refractivity contribution in [2.45, 2.75) is 32.9 Å². The van der Waals surface area contributed by atoms with Crippen molar-refractivity contribution in [3.8, 4) is 11.3 Å².